The van der Waals surface area contributed by atoms with Crippen LogP contribution in [-0.4, -0.2) is 36.6 Å². The van der Waals surface area contributed by atoms with E-state index >= 15 is 0 Å². The summed E-state index contributed by atoms with van der Waals surface area (Å²) in [6.07, 6.45) is 3.36. The van der Waals surface area contributed by atoms with Crippen LogP contribution in [0.2, 0.25) is 0 Å². The molecule has 0 aromatic carbocycles. The Labute approximate surface area is 101 Å². The quantitative estimate of drug-likeness (QED) is 0.655. The Morgan fingerprint density at radius 1 is 1.12 bits per heavy atom. The molecule has 0 aliphatic heterocycles. The van der Waals surface area contributed by atoms with E-state index in [2.05, 4.69) is 37.1 Å². The zero-order valence-corrected chi connectivity index (χ0v) is 11.3. The maximum Gasteiger partial charge on any atom is 0.116 e. The van der Waals surface area contributed by atoms with Gasteiger partial charge in [-0.3, -0.25) is 5.32 Å². The van der Waals surface area contributed by atoms with Gasteiger partial charge >= 0.3 is 0 Å². The highest BCUT2D eigenvalue weighted by Crippen LogP contribution is 2.07. The Morgan fingerprint density at radius 2 is 1.69 bits per heavy atom. The van der Waals surface area contributed by atoms with Gasteiger partial charge in [0.25, 0.3) is 0 Å². The number of nitrogens with zero attached hydrogens (tertiary/aromatic N) is 2. The van der Waals surface area contributed by atoms with E-state index in [-0.39, 0.29) is 0 Å². The zero-order valence-electron chi connectivity index (χ0n) is 11.3. The first-order valence-electron chi connectivity index (χ1n) is 6.50. The lowest BCUT2D eigenvalue weighted by Gasteiger charge is -2.31. The van der Waals surface area contributed by atoms with Gasteiger partial charge in [-0.2, -0.15) is 5.26 Å². The van der Waals surface area contributed by atoms with Crippen LogP contribution in [-0.2, 0) is 0 Å². The van der Waals surface area contributed by atoms with Crippen molar-refractivity contribution in [1.29, 1.82) is 5.26 Å². The van der Waals surface area contributed by atoms with Crippen LogP contribution < -0.4 is 5.32 Å². The maximum atomic E-state index is 9.26. The largest absolute Gasteiger partial charge is 0.300 e. The predicted octanol–water partition coefficient (Wildman–Crippen LogP) is 2.39. The van der Waals surface area contributed by atoms with Gasteiger partial charge < -0.3 is 4.90 Å². The van der Waals surface area contributed by atoms with E-state index < -0.39 is 5.54 Å². The van der Waals surface area contributed by atoms with E-state index in [1.807, 2.05) is 6.92 Å². The molecule has 0 saturated heterocycles. The molecule has 0 rings (SSSR count). The maximum absolute atomic E-state index is 9.26. The van der Waals surface area contributed by atoms with E-state index in [0.717, 1.165) is 45.4 Å². The smallest absolute Gasteiger partial charge is 0.116 e. The molecule has 0 heterocycles. The fourth-order valence-electron chi connectivity index (χ4n) is 1.88. The number of hydrogen-bond donors (Lipinski definition) is 1. The molecule has 1 unspecified atom stereocenters. The van der Waals surface area contributed by atoms with E-state index in [1.165, 1.54) is 0 Å². The van der Waals surface area contributed by atoms with Gasteiger partial charge in [0.2, 0.25) is 0 Å². The number of rotatable bonds is 9. The molecule has 0 aromatic rings. The summed E-state index contributed by atoms with van der Waals surface area (Å²) in [4.78, 5) is 2.38. The molecule has 0 aromatic heterocycles. The number of hydrogen-bond acceptors (Lipinski definition) is 3. The highest BCUT2D eigenvalue weighted by atomic mass is 15.2. The van der Waals surface area contributed by atoms with Crippen molar-refractivity contribution in [1.82, 2.24) is 10.2 Å². The lowest BCUT2D eigenvalue weighted by molar-refractivity contribution is 0.220. The topological polar surface area (TPSA) is 39.1 Å². The Bertz CT molecular complexity index is 204. The Kier molecular flexibility index (Phi) is 8.23. The van der Waals surface area contributed by atoms with Gasteiger partial charge in [0.05, 0.1) is 6.07 Å². The second-order valence-electron chi connectivity index (χ2n) is 4.65. The molecule has 1 atom stereocenters. The number of nitriles is 1. The fourth-order valence-corrected chi connectivity index (χ4v) is 1.88. The Hall–Kier alpha value is -0.590. The van der Waals surface area contributed by atoms with E-state index in [1.54, 1.807) is 0 Å². The van der Waals surface area contributed by atoms with Crippen LogP contribution in [0.15, 0.2) is 0 Å². The summed E-state index contributed by atoms with van der Waals surface area (Å²) in [5, 5.41) is 12.6. The van der Waals surface area contributed by atoms with E-state index in [0.29, 0.717) is 0 Å². The van der Waals surface area contributed by atoms with Crippen molar-refractivity contribution < 1.29 is 0 Å². The monoisotopic (exact) mass is 225 g/mol. The molecule has 0 saturated carbocycles. The first-order valence-corrected chi connectivity index (χ1v) is 6.50. The highest BCUT2D eigenvalue weighted by molar-refractivity contribution is 5.05. The predicted molar refractivity (Wildman–Crippen MR) is 69.3 cm³/mol. The summed E-state index contributed by atoms with van der Waals surface area (Å²) in [5.41, 5.74) is -0.402. The minimum absolute atomic E-state index is 0.402. The van der Waals surface area contributed by atoms with Gasteiger partial charge in [-0.25, -0.2) is 0 Å². The average molecular weight is 225 g/mol. The second-order valence-corrected chi connectivity index (χ2v) is 4.65. The van der Waals surface area contributed by atoms with Crippen LogP contribution in [0.1, 0.15) is 47.0 Å². The third-order valence-corrected chi connectivity index (χ3v) is 2.63. The molecule has 0 radical (unpaired) electrons. The first-order chi connectivity index (χ1) is 7.61. The second kappa shape index (κ2) is 8.55. The van der Waals surface area contributed by atoms with E-state index in [9.17, 15) is 5.26 Å². The Morgan fingerprint density at radius 3 is 2.06 bits per heavy atom. The van der Waals surface area contributed by atoms with Crippen LogP contribution in [0.4, 0.5) is 0 Å². The molecule has 16 heavy (non-hydrogen) atoms. The summed E-state index contributed by atoms with van der Waals surface area (Å²) >= 11 is 0. The van der Waals surface area contributed by atoms with Crippen molar-refractivity contribution in [3.05, 3.63) is 0 Å². The molecule has 0 fully saturated rings. The molecule has 0 amide bonds. The molecule has 0 aliphatic carbocycles. The molecule has 0 aliphatic rings. The minimum Gasteiger partial charge on any atom is -0.300 e. The van der Waals surface area contributed by atoms with E-state index in [4.69, 9.17) is 0 Å². The summed E-state index contributed by atoms with van der Waals surface area (Å²) in [7, 11) is 0. The summed E-state index contributed by atoms with van der Waals surface area (Å²) in [6.45, 7) is 12.4. The van der Waals surface area contributed by atoms with Crippen molar-refractivity contribution >= 4 is 0 Å². The lowest BCUT2D eigenvalue weighted by atomic mass is 10.0. The summed E-state index contributed by atoms with van der Waals surface area (Å²) < 4.78 is 0. The minimum atomic E-state index is -0.402. The molecule has 3 heteroatoms. The normalized spacial score (nSPS) is 14.8. The van der Waals surface area contributed by atoms with Crippen molar-refractivity contribution in [2.24, 2.45) is 0 Å². The third-order valence-electron chi connectivity index (χ3n) is 2.63. The van der Waals surface area contributed by atoms with Gasteiger partial charge in [-0.15, -0.1) is 0 Å². The van der Waals surface area contributed by atoms with Gasteiger partial charge in [0.15, 0.2) is 0 Å². The van der Waals surface area contributed by atoms with Crippen molar-refractivity contribution in [2.45, 2.75) is 52.5 Å². The molecule has 3 nitrogen and oxygen atoms in total. The van der Waals surface area contributed by atoms with Crippen molar-refractivity contribution in [3.8, 4) is 6.07 Å². The number of nitrogens with one attached hydrogen (secondary N) is 1. The summed E-state index contributed by atoms with van der Waals surface area (Å²) in [5.74, 6) is 0. The molecule has 1 N–H and O–H groups in total. The Balaban J connectivity index is 4.28. The molecular weight excluding hydrogens is 198 g/mol. The van der Waals surface area contributed by atoms with Gasteiger partial charge in [0.1, 0.15) is 5.54 Å². The molecule has 94 valence electrons. The third kappa shape index (κ3) is 6.09. The van der Waals surface area contributed by atoms with Gasteiger partial charge in [0, 0.05) is 6.54 Å². The van der Waals surface area contributed by atoms with Crippen LogP contribution in [0.25, 0.3) is 0 Å². The first kappa shape index (κ1) is 15.4. The van der Waals surface area contributed by atoms with Crippen LogP contribution in [0.3, 0.4) is 0 Å². The highest BCUT2D eigenvalue weighted by Gasteiger charge is 2.25. The van der Waals surface area contributed by atoms with Gasteiger partial charge in [-0.1, -0.05) is 20.8 Å². The van der Waals surface area contributed by atoms with Crippen LogP contribution >= 0.6 is 0 Å². The van der Waals surface area contributed by atoms with Gasteiger partial charge in [-0.05, 0) is 45.8 Å². The van der Waals surface area contributed by atoms with Crippen molar-refractivity contribution in [3.63, 3.8) is 0 Å². The lowest BCUT2D eigenvalue weighted by Crippen LogP contribution is -2.51. The average Bonchev–Trinajstić information content (AvgIpc) is 2.27. The standard InChI is InChI=1S/C13H27N3/c1-5-8-15-13(4,11-14)12-16(9-6-2)10-7-3/h15H,5-10,12H2,1-4H3. The fraction of sp³-hybridized carbons (Fsp3) is 0.923. The van der Waals surface area contributed by atoms with Crippen molar-refractivity contribution in [2.75, 3.05) is 26.2 Å². The zero-order chi connectivity index (χ0) is 12.4. The molecule has 0 spiro atoms. The summed E-state index contributed by atoms with van der Waals surface area (Å²) in [6, 6.07) is 2.41. The molecular formula is C13H27N3. The van der Waals surface area contributed by atoms with Crippen LogP contribution in [0, 0.1) is 11.3 Å². The molecule has 0 bridgehead atoms. The SMILES string of the molecule is CCCNC(C)(C#N)CN(CCC)CCC. The van der Waals surface area contributed by atoms with Crippen LogP contribution in [0.5, 0.6) is 0 Å².